The van der Waals surface area contributed by atoms with Crippen LogP contribution < -0.4 is 10.6 Å². The SMILES string of the molecule is Cc1ccc(N=O)cc1NC(=S)NC(=O)c1ccccc1. The van der Waals surface area contributed by atoms with Crippen LogP contribution in [0.2, 0.25) is 0 Å². The highest BCUT2D eigenvalue weighted by atomic mass is 32.1. The van der Waals surface area contributed by atoms with Crippen molar-refractivity contribution in [3.8, 4) is 0 Å². The van der Waals surface area contributed by atoms with E-state index in [4.69, 9.17) is 12.2 Å². The molecule has 21 heavy (non-hydrogen) atoms. The lowest BCUT2D eigenvalue weighted by atomic mass is 10.2. The van der Waals surface area contributed by atoms with Gasteiger partial charge in [-0.3, -0.25) is 10.1 Å². The second kappa shape index (κ2) is 6.71. The highest BCUT2D eigenvalue weighted by molar-refractivity contribution is 7.80. The summed E-state index contributed by atoms with van der Waals surface area (Å²) in [5, 5.41) is 8.50. The molecule has 0 heterocycles. The summed E-state index contributed by atoms with van der Waals surface area (Å²) in [6.45, 7) is 1.86. The molecule has 6 heteroatoms. The zero-order valence-electron chi connectivity index (χ0n) is 11.3. The Labute approximate surface area is 127 Å². The van der Waals surface area contributed by atoms with E-state index in [0.29, 0.717) is 16.9 Å². The van der Waals surface area contributed by atoms with Crippen LogP contribution in [0.25, 0.3) is 0 Å². The Hall–Kier alpha value is -2.60. The van der Waals surface area contributed by atoms with Crippen molar-refractivity contribution in [3.05, 3.63) is 64.6 Å². The topological polar surface area (TPSA) is 70.6 Å². The number of nitrogens with one attached hydrogen (secondary N) is 2. The third kappa shape index (κ3) is 3.93. The van der Waals surface area contributed by atoms with Gasteiger partial charge in [0.15, 0.2) is 5.11 Å². The van der Waals surface area contributed by atoms with Crippen LogP contribution >= 0.6 is 12.2 Å². The molecule has 5 nitrogen and oxygen atoms in total. The number of carbonyl (C=O) groups is 1. The normalized spacial score (nSPS) is 9.76. The summed E-state index contributed by atoms with van der Waals surface area (Å²) in [7, 11) is 0. The summed E-state index contributed by atoms with van der Waals surface area (Å²) >= 11 is 5.10. The predicted molar refractivity (Wildman–Crippen MR) is 86.8 cm³/mol. The van der Waals surface area contributed by atoms with Crippen LogP contribution in [0.3, 0.4) is 0 Å². The third-order valence-corrected chi connectivity index (χ3v) is 3.04. The minimum absolute atomic E-state index is 0.162. The van der Waals surface area contributed by atoms with E-state index in [2.05, 4.69) is 15.8 Å². The zero-order valence-corrected chi connectivity index (χ0v) is 12.1. The lowest BCUT2D eigenvalue weighted by molar-refractivity contribution is 0.0977. The quantitative estimate of drug-likeness (QED) is 0.672. The van der Waals surface area contributed by atoms with Crippen LogP contribution in [0, 0.1) is 11.8 Å². The molecule has 0 aliphatic carbocycles. The molecule has 0 unspecified atom stereocenters. The van der Waals surface area contributed by atoms with Gasteiger partial charge >= 0.3 is 0 Å². The fourth-order valence-electron chi connectivity index (χ4n) is 1.72. The van der Waals surface area contributed by atoms with Crippen LogP contribution in [-0.2, 0) is 0 Å². The van der Waals surface area contributed by atoms with Crippen LogP contribution in [0.1, 0.15) is 15.9 Å². The molecule has 0 spiro atoms. The number of hydrogen-bond acceptors (Lipinski definition) is 4. The maximum Gasteiger partial charge on any atom is 0.257 e. The monoisotopic (exact) mass is 299 g/mol. The second-order valence-electron chi connectivity index (χ2n) is 4.36. The number of amides is 1. The van der Waals surface area contributed by atoms with Crippen molar-refractivity contribution in [1.82, 2.24) is 5.32 Å². The zero-order chi connectivity index (χ0) is 15.2. The molecule has 0 saturated heterocycles. The molecule has 0 radical (unpaired) electrons. The van der Waals surface area contributed by atoms with Crippen molar-refractivity contribution in [2.24, 2.45) is 5.18 Å². The van der Waals surface area contributed by atoms with Gasteiger partial charge in [0.2, 0.25) is 0 Å². The molecule has 2 aromatic carbocycles. The summed E-state index contributed by atoms with van der Waals surface area (Å²) in [6.07, 6.45) is 0. The molecule has 2 rings (SSSR count). The van der Waals surface area contributed by atoms with Gasteiger partial charge in [-0.15, -0.1) is 4.91 Å². The summed E-state index contributed by atoms with van der Waals surface area (Å²) in [5.41, 5.74) is 2.33. The number of benzene rings is 2. The van der Waals surface area contributed by atoms with E-state index in [-0.39, 0.29) is 11.0 Å². The summed E-state index contributed by atoms with van der Waals surface area (Å²) in [6, 6.07) is 13.7. The molecule has 0 aliphatic heterocycles. The van der Waals surface area contributed by atoms with Gasteiger partial charge in [0.1, 0.15) is 5.69 Å². The number of anilines is 1. The fourth-order valence-corrected chi connectivity index (χ4v) is 1.92. The summed E-state index contributed by atoms with van der Waals surface area (Å²) < 4.78 is 0. The van der Waals surface area contributed by atoms with Gasteiger partial charge in [0.05, 0.1) is 0 Å². The third-order valence-electron chi connectivity index (χ3n) is 2.84. The Morgan fingerprint density at radius 1 is 1.14 bits per heavy atom. The Balaban J connectivity index is 2.05. The maximum atomic E-state index is 11.9. The molecule has 106 valence electrons. The molecule has 1 amide bonds. The van der Waals surface area contributed by atoms with E-state index < -0.39 is 0 Å². The molecule has 2 N–H and O–H groups in total. The Kier molecular flexibility index (Phi) is 4.73. The van der Waals surface area contributed by atoms with Gasteiger partial charge in [-0.2, -0.15) is 0 Å². The van der Waals surface area contributed by atoms with Crippen molar-refractivity contribution in [2.45, 2.75) is 6.92 Å². The molecular formula is C15H13N3O2S. The molecule has 0 bridgehead atoms. The Morgan fingerprint density at radius 2 is 1.86 bits per heavy atom. The number of aryl methyl sites for hydroxylation is 1. The van der Waals surface area contributed by atoms with E-state index in [9.17, 15) is 9.70 Å². The van der Waals surface area contributed by atoms with Gasteiger partial charge < -0.3 is 5.32 Å². The highest BCUT2D eigenvalue weighted by Crippen LogP contribution is 2.22. The van der Waals surface area contributed by atoms with E-state index in [0.717, 1.165) is 5.56 Å². The first kappa shape index (κ1) is 14.8. The lowest BCUT2D eigenvalue weighted by Crippen LogP contribution is -2.34. The molecule has 0 saturated carbocycles. The van der Waals surface area contributed by atoms with Gasteiger partial charge in [-0.25, -0.2) is 0 Å². The molecule has 0 aromatic heterocycles. The van der Waals surface area contributed by atoms with E-state index in [1.807, 2.05) is 13.0 Å². The lowest BCUT2D eigenvalue weighted by Gasteiger charge is -2.11. The highest BCUT2D eigenvalue weighted by Gasteiger charge is 2.08. The summed E-state index contributed by atoms with van der Waals surface area (Å²) in [4.78, 5) is 22.5. The van der Waals surface area contributed by atoms with Gasteiger partial charge in [-0.05, 0) is 54.1 Å². The van der Waals surface area contributed by atoms with Crippen LogP contribution in [0.5, 0.6) is 0 Å². The van der Waals surface area contributed by atoms with E-state index in [1.165, 1.54) is 0 Å². The molecule has 0 fully saturated rings. The van der Waals surface area contributed by atoms with Crippen LogP contribution in [-0.4, -0.2) is 11.0 Å². The second-order valence-corrected chi connectivity index (χ2v) is 4.77. The van der Waals surface area contributed by atoms with Gasteiger partial charge in [-0.1, -0.05) is 24.3 Å². The Morgan fingerprint density at radius 3 is 2.52 bits per heavy atom. The average molecular weight is 299 g/mol. The van der Waals surface area contributed by atoms with E-state index in [1.54, 1.807) is 42.5 Å². The van der Waals surface area contributed by atoms with Crippen LogP contribution in [0.4, 0.5) is 11.4 Å². The maximum absolute atomic E-state index is 11.9. The molecule has 2 aromatic rings. The molecule has 0 aliphatic rings. The van der Waals surface area contributed by atoms with Crippen molar-refractivity contribution < 1.29 is 4.79 Å². The first-order valence-electron chi connectivity index (χ1n) is 6.21. The van der Waals surface area contributed by atoms with Crippen molar-refractivity contribution in [3.63, 3.8) is 0 Å². The predicted octanol–water partition coefficient (Wildman–Crippen LogP) is 3.52. The van der Waals surface area contributed by atoms with Gasteiger partial charge in [0.25, 0.3) is 5.91 Å². The smallest absolute Gasteiger partial charge is 0.257 e. The standard InChI is InChI=1S/C15H13N3O2S/c1-10-7-8-12(18-20)9-13(10)16-15(21)17-14(19)11-5-3-2-4-6-11/h2-9H,1H3,(H2,16,17,19,21). The molecule has 0 atom stereocenters. The van der Waals surface area contributed by atoms with E-state index >= 15 is 0 Å². The largest absolute Gasteiger partial charge is 0.332 e. The number of nitrogens with zero attached hydrogens (tertiary/aromatic N) is 1. The number of carbonyl (C=O) groups excluding carboxylic acids is 1. The first-order chi connectivity index (χ1) is 10.1. The van der Waals surface area contributed by atoms with Crippen LogP contribution in [0.15, 0.2) is 53.7 Å². The number of thiocarbonyl (C=S) groups is 1. The molecular weight excluding hydrogens is 286 g/mol. The Bertz CT molecular complexity index is 687. The number of nitroso groups, excluding NO2 is 1. The minimum Gasteiger partial charge on any atom is -0.332 e. The minimum atomic E-state index is -0.296. The first-order valence-corrected chi connectivity index (χ1v) is 6.62. The average Bonchev–Trinajstić information content (AvgIpc) is 2.50. The number of hydrogen-bond donors (Lipinski definition) is 2. The van der Waals surface area contributed by atoms with Crippen molar-refractivity contribution in [2.75, 3.05) is 5.32 Å². The van der Waals surface area contributed by atoms with Gasteiger partial charge in [0, 0.05) is 11.3 Å². The van der Waals surface area contributed by atoms with Crippen molar-refractivity contribution in [1.29, 1.82) is 0 Å². The number of rotatable bonds is 3. The summed E-state index contributed by atoms with van der Waals surface area (Å²) in [5.74, 6) is -0.296. The van der Waals surface area contributed by atoms with Crippen molar-refractivity contribution >= 4 is 34.6 Å². The fraction of sp³-hybridized carbons (Fsp3) is 0.0667.